The number of ether oxygens (including phenoxy) is 2. The van der Waals surface area contributed by atoms with Gasteiger partial charge in [-0.2, -0.15) is 0 Å². The van der Waals surface area contributed by atoms with Crippen LogP contribution >= 0.6 is 0 Å². The van der Waals surface area contributed by atoms with Crippen LogP contribution in [0.15, 0.2) is 24.4 Å². The van der Waals surface area contributed by atoms with E-state index in [1.165, 1.54) is 0 Å². The summed E-state index contributed by atoms with van der Waals surface area (Å²) in [6.45, 7) is 7.23. The minimum absolute atomic E-state index is 0.0661. The molecule has 1 saturated heterocycles. The SMILES string of the molecule is CC(C)(C)OC(=O)N1CCC(COc2ccc(C3=CCC(C(=O)NCC(O)CO)CC3)cn2)CC1. The van der Waals surface area contributed by atoms with Gasteiger partial charge in [0.2, 0.25) is 11.8 Å². The molecule has 2 atom stereocenters. The van der Waals surface area contributed by atoms with Crippen LogP contribution in [0.3, 0.4) is 0 Å². The number of nitrogens with one attached hydrogen (secondary N) is 1. The summed E-state index contributed by atoms with van der Waals surface area (Å²) in [5.74, 6) is 0.741. The van der Waals surface area contributed by atoms with Crippen molar-refractivity contribution in [2.75, 3.05) is 32.8 Å². The third-order valence-corrected chi connectivity index (χ3v) is 6.34. The van der Waals surface area contributed by atoms with Gasteiger partial charge in [0.05, 0.1) is 19.3 Å². The molecule has 2 aliphatic rings. The topological polar surface area (TPSA) is 121 Å². The van der Waals surface area contributed by atoms with E-state index in [1.807, 2.05) is 39.1 Å². The van der Waals surface area contributed by atoms with E-state index in [0.29, 0.717) is 37.9 Å². The van der Waals surface area contributed by atoms with E-state index in [1.54, 1.807) is 4.90 Å². The Morgan fingerprint density at radius 1 is 1.23 bits per heavy atom. The molecule has 0 radical (unpaired) electrons. The number of aromatic nitrogens is 1. The van der Waals surface area contributed by atoms with Gasteiger partial charge in [-0.3, -0.25) is 4.79 Å². The molecular weight excluding hydrogens is 450 g/mol. The second kappa shape index (κ2) is 12.4. The first-order valence-electron chi connectivity index (χ1n) is 12.5. The molecule has 2 unspecified atom stereocenters. The maximum absolute atomic E-state index is 12.2. The molecule has 3 N–H and O–H groups in total. The van der Waals surface area contributed by atoms with Gasteiger partial charge in [0.1, 0.15) is 5.60 Å². The van der Waals surface area contributed by atoms with Crippen molar-refractivity contribution in [3.63, 3.8) is 0 Å². The summed E-state index contributed by atoms with van der Waals surface area (Å²) in [6, 6.07) is 3.87. The number of rotatable bonds is 8. The fourth-order valence-corrected chi connectivity index (χ4v) is 4.23. The van der Waals surface area contributed by atoms with Crippen molar-refractivity contribution in [2.24, 2.45) is 11.8 Å². The molecule has 1 aromatic heterocycles. The van der Waals surface area contributed by atoms with Gasteiger partial charge in [-0.1, -0.05) is 6.08 Å². The second-order valence-electron chi connectivity index (χ2n) is 10.4. The van der Waals surface area contributed by atoms with Gasteiger partial charge in [-0.15, -0.1) is 0 Å². The highest BCUT2D eigenvalue weighted by Crippen LogP contribution is 2.30. The molecular formula is C26H39N3O6. The van der Waals surface area contributed by atoms with E-state index in [2.05, 4.69) is 16.4 Å². The first-order chi connectivity index (χ1) is 16.6. The third kappa shape index (κ3) is 8.50. The van der Waals surface area contributed by atoms with Crippen LogP contribution in [0.2, 0.25) is 0 Å². The standard InChI is InChI=1S/C26H39N3O6/c1-26(2,3)35-25(33)29-12-10-18(11-13-29)17-34-23-9-8-21(14-27-23)19-4-6-20(7-5-19)24(32)28-15-22(31)16-30/h4,8-9,14,18,20,22,30-31H,5-7,10-13,15-17H2,1-3H3,(H,28,32). The zero-order chi connectivity index (χ0) is 25.4. The van der Waals surface area contributed by atoms with Crippen LogP contribution in [-0.4, -0.2) is 76.7 Å². The summed E-state index contributed by atoms with van der Waals surface area (Å²) in [4.78, 5) is 30.6. The number of carbonyl (C=O) groups excluding carboxylic acids is 2. The van der Waals surface area contributed by atoms with Gasteiger partial charge in [-0.05, 0) is 76.0 Å². The number of piperidine rings is 1. The number of pyridine rings is 1. The molecule has 194 valence electrons. The lowest BCUT2D eigenvalue weighted by Crippen LogP contribution is -2.42. The van der Waals surface area contributed by atoms with Crippen molar-refractivity contribution in [2.45, 2.75) is 64.6 Å². The summed E-state index contributed by atoms with van der Waals surface area (Å²) in [5.41, 5.74) is 1.71. The molecule has 0 aromatic carbocycles. The van der Waals surface area contributed by atoms with Crippen LogP contribution in [-0.2, 0) is 9.53 Å². The number of amides is 2. The number of allylic oxidation sites excluding steroid dienone is 2. The quantitative estimate of drug-likeness (QED) is 0.513. The van der Waals surface area contributed by atoms with Crippen LogP contribution in [0.4, 0.5) is 4.79 Å². The monoisotopic (exact) mass is 489 g/mol. The highest BCUT2D eigenvalue weighted by molar-refractivity contribution is 5.80. The highest BCUT2D eigenvalue weighted by Gasteiger charge is 2.27. The maximum Gasteiger partial charge on any atom is 0.410 e. The number of nitrogens with zero attached hydrogens (tertiary/aromatic N) is 2. The lowest BCUT2D eigenvalue weighted by Gasteiger charge is -2.33. The number of aliphatic hydroxyl groups excluding tert-OH is 2. The van der Waals surface area contributed by atoms with Crippen molar-refractivity contribution in [1.82, 2.24) is 15.2 Å². The van der Waals surface area contributed by atoms with E-state index in [-0.39, 0.29) is 31.1 Å². The smallest absolute Gasteiger partial charge is 0.410 e. The highest BCUT2D eigenvalue weighted by atomic mass is 16.6. The molecule has 1 fully saturated rings. The van der Waals surface area contributed by atoms with Gasteiger partial charge in [0, 0.05) is 37.8 Å². The largest absolute Gasteiger partial charge is 0.477 e. The van der Waals surface area contributed by atoms with Crippen LogP contribution < -0.4 is 10.1 Å². The Labute approximate surface area is 207 Å². The van der Waals surface area contributed by atoms with E-state index >= 15 is 0 Å². The Balaban J connectivity index is 1.40. The first kappa shape index (κ1) is 26.9. The molecule has 9 nitrogen and oxygen atoms in total. The molecule has 2 heterocycles. The maximum atomic E-state index is 12.2. The Hall–Kier alpha value is -2.65. The number of aliphatic hydroxyl groups is 2. The first-order valence-corrected chi connectivity index (χ1v) is 12.5. The van der Waals surface area contributed by atoms with Crippen LogP contribution in [0.5, 0.6) is 5.88 Å². The lowest BCUT2D eigenvalue weighted by atomic mass is 9.86. The summed E-state index contributed by atoms with van der Waals surface area (Å²) >= 11 is 0. The summed E-state index contributed by atoms with van der Waals surface area (Å²) in [5, 5.41) is 20.9. The predicted octanol–water partition coefficient (Wildman–Crippen LogP) is 2.76. The van der Waals surface area contributed by atoms with Gasteiger partial charge in [-0.25, -0.2) is 9.78 Å². The molecule has 0 saturated carbocycles. The molecule has 1 aliphatic carbocycles. The van der Waals surface area contributed by atoms with E-state index in [9.17, 15) is 14.7 Å². The van der Waals surface area contributed by atoms with Crippen LogP contribution in [0, 0.1) is 11.8 Å². The molecule has 0 spiro atoms. The zero-order valence-electron chi connectivity index (χ0n) is 21.0. The van der Waals surface area contributed by atoms with Crippen LogP contribution in [0.25, 0.3) is 5.57 Å². The molecule has 1 aliphatic heterocycles. The average molecular weight is 490 g/mol. The van der Waals surface area contributed by atoms with Crippen LogP contribution in [0.1, 0.15) is 58.4 Å². The average Bonchev–Trinajstić information content (AvgIpc) is 2.85. The lowest BCUT2D eigenvalue weighted by molar-refractivity contribution is -0.125. The normalized spacial score (nSPS) is 20.1. The Morgan fingerprint density at radius 2 is 1.97 bits per heavy atom. The van der Waals surface area contributed by atoms with Crippen molar-refractivity contribution in [3.8, 4) is 5.88 Å². The predicted molar refractivity (Wildman–Crippen MR) is 132 cm³/mol. The van der Waals surface area contributed by atoms with E-state index in [4.69, 9.17) is 14.6 Å². The Kier molecular flexibility index (Phi) is 9.51. The summed E-state index contributed by atoms with van der Waals surface area (Å²) < 4.78 is 11.4. The van der Waals surface area contributed by atoms with E-state index < -0.39 is 11.7 Å². The molecule has 0 bridgehead atoms. The minimum Gasteiger partial charge on any atom is -0.477 e. The van der Waals surface area contributed by atoms with Gasteiger partial charge in [0.25, 0.3) is 0 Å². The van der Waals surface area contributed by atoms with Crippen molar-refractivity contribution in [3.05, 3.63) is 30.0 Å². The molecule has 9 heteroatoms. The van der Waals surface area contributed by atoms with Gasteiger partial charge < -0.3 is 29.9 Å². The second-order valence-corrected chi connectivity index (χ2v) is 10.4. The van der Waals surface area contributed by atoms with Crippen molar-refractivity contribution >= 4 is 17.6 Å². The van der Waals surface area contributed by atoms with Gasteiger partial charge in [0.15, 0.2) is 0 Å². The molecule has 3 rings (SSSR count). The summed E-state index contributed by atoms with van der Waals surface area (Å²) in [7, 11) is 0. The number of hydrogen-bond acceptors (Lipinski definition) is 7. The number of carbonyl (C=O) groups is 2. The zero-order valence-corrected chi connectivity index (χ0v) is 21.0. The minimum atomic E-state index is -0.925. The van der Waals surface area contributed by atoms with E-state index in [0.717, 1.165) is 36.8 Å². The Bertz CT molecular complexity index is 872. The van der Waals surface area contributed by atoms with Crippen molar-refractivity contribution < 1.29 is 29.3 Å². The fraction of sp³-hybridized carbons (Fsp3) is 0.654. The van der Waals surface area contributed by atoms with Crippen molar-refractivity contribution in [1.29, 1.82) is 0 Å². The molecule has 2 amide bonds. The number of hydrogen-bond donors (Lipinski definition) is 3. The molecule has 35 heavy (non-hydrogen) atoms. The Morgan fingerprint density at radius 3 is 2.54 bits per heavy atom. The molecule has 1 aromatic rings. The van der Waals surface area contributed by atoms with Gasteiger partial charge >= 0.3 is 6.09 Å². The third-order valence-electron chi connectivity index (χ3n) is 6.34. The fourth-order valence-electron chi connectivity index (χ4n) is 4.23. The number of likely N-dealkylation sites (tertiary alicyclic amines) is 1. The summed E-state index contributed by atoms with van der Waals surface area (Å²) in [6.07, 6.45) is 6.60.